The van der Waals surface area contributed by atoms with Crippen LogP contribution in [0.4, 0.5) is 8.78 Å². The molecule has 3 heteroatoms. The summed E-state index contributed by atoms with van der Waals surface area (Å²) in [5.41, 5.74) is 0. The summed E-state index contributed by atoms with van der Waals surface area (Å²) in [5.74, 6) is -2.16. The Bertz CT molecular complexity index is 117. The first kappa shape index (κ1) is 8.91. The molecule has 0 heterocycles. The summed E-state index contributed by atoms with van der Waals surface area (Å²) in [5, 5.41) is 0. The molecule has 1 rings (SSSR count). The third kappa shape index (κ3) is 2.73. The summed E-state index contributed by atoms with van der Waals surface area (Å²) in [6.45, 7) is 3.23. The van der Waals surface area contributed by atoms with Crippen LogP contribution in [0.15, 0.2) is 0 Å². The van der Waals surface area contributed by atoms with Crippen LogP contribution in [0.2, 0.25) is 0 Å². The van der Waals surface area contributed by atoms with Gasteiger partial charge in [-0.05, 0) is 19.3 Å². The van der Waals surface area contributed by atoms with E-state index >= 15 is 0 Å². The lowest BCUT2D eigenvalue weighted by molar-refractivity contribution is -0.115. The first-order valence-electron chi connectivity index (χ1n) is 4.09. The molecule has 0 bridgehead atoms. The van der Waals surface area contributed by atoms with Gasteiger partial charge in [0.2, 0.25) is 5.92 Å². The van der Waals surface area contributed by atoms with E-state index in [2.05, 4.69) is 0 Å². The molecular formula is C8H14F2O. The minimum absolute atomic E-state index is 0.0695. The second-order valence-electron chi connectivity index (χ2n) is 3.12. The zero-order chi connectivity index (χ0) is 8.32. The average molecular weight is 164 g/mol. The first-order chi connectivity index (χ1) is 5.14. The van der Waals surface area contributed by atoms with Gasteiger partial charge in [0.05, 0.1) is 0 Å². The summed E-state index contributed by atoms with van der Waals surface area (Å²) in [6, 6.07) is 0. The number of hydrogen-bond donors (Lipinski definition) is 0. The van der Waals surface area contributed by atoms with Crippen LogP contribution < -0.4 is 0 Å². The summed E-state index contributed by atoms with van der Waals surface area (Å²) in [7, 11) is 0. The Morgan fingerprint density at radius 1 is 1.45 bits per heavy atom. The average Bonchev–Trinajstić information content (AvgIpc) is 1.84. The molecule has 1 aliphatic carbocycles. The van der Waals surface area contributed by atoms with Gasteiger partial charge in [0, 0.05) is 26.1 Å². The number of alkyl halides is 2. The van der Waals surface area contributed by atoms with Crippen LogP contribution in [0.3, 0.4) is 0 Å². The van der Waals surface area contributed by atoms with Gasteiger partial charge >= 0.3 is 0 Å². The zero-order valence-corrected chi connectivity index (χ0v) is 6.78. The van der Waals surface area contributed by atoms with E-state index in [1.54, 1.807) is 0 Å². The van der Waals surface area contributed by atoms with Crippen molar-refractivity contribution >= 4 is 0 Å². The van der Waals surface area contributed by atoms with Crippen molar-refractivity contribution in [2.75, 3.05) is 13.2 Å². The van der Waals surface area contributed by atoms with E-state index in [9.17, 15) is 8.78 Å². The van der Waals surface area contributed by atoms with Crippen molar-refractivity contribution < 1.29 is 13.5 Å². The molecule has 1 nitrogen and oxygen atoms in total. The molecule has 0 aromatic carbocycles. The van der Waals surface area contributed by atoms with Crippen molar-refractivity contribution in [2.24, 2.45) is 5.92 Å². The van der Waals surface area contributed by atoms with Gasteiger partial charge in [-0.1, -0.05) is 0 Å². The van der Waals surface area contributed by atoms with Crippen molar-refractivity contribution in [1.82, 2.24) is 0 Å². The Balaban J connectivity index is 1.96. The SMILES string of the molecule is CCOCCC1CC(F)(F)C1. The van der Waals surface area contributed by atoms with Crippen LogP contribution in [0, 0.1) is 5.92 Å². The summed E-state index contributed by atoms with van der Waals surface area (Å²) in [4.78, 5) is 0. The number of hydrogen-bond acceptors (Lipinski definition) is 1. The molecule has 0 spiro atoms. The van der Waals surface area contributed by atoms with Gasteiger partial charge in [-0.25, -0.2) is 8.78 Å². The molecule has 1 saturated carbocycles. The van der Waals surface area contributed by atoms with Crippen molar-refractivity contribution in [3.63, 3.8) is 0 Å². The Hall–Kier alpha value is -0.180. The highest BCUT2D eigenvalue weighted by Gasteiger charge is 2.44. The maximum absolute atomic E-state index is 12.3. The van der Waals surface area contributed by atoms with Gasteiger partial charge in [0.15, 0.2) is 0 Å². The largest absolute Gasteiger partial charge is 0.382 e. The van der Waals surface area contributed by atoms with Gasteiger partial charge in [-0.15, -0.1) is 0 Å². The highest BCUT2D eigenvalue weighted by Crippen LogP contribution is 2.43. The molecule has 0 aromatic rings. The fourth-order valence-corrected chi connectivity index (χ4v) is 1.38. The van der Waals surface area contributed by atoms with Crippen LogP contribution in [0.25, 0.3) is 0 Å². The second-order valence-corrected chi connectivity index (χ2v) is 3.12. The normalized spacial score (nSPS) is 23.2. The van der Waals surface area contributed by atoms with Gasteiger partial charge in [0.25, 0.3) is 0 Å². The summed E-state index contributed by atoms with van der Waals surface area (Å²) >= 11 is 0. The van der Waals surface area contributed by atoms with Crippen LogP contribution in [0.5, 0.6) is 0 Å². The molecule has 0 saturated heterocycles. The van der Waals surface area contributed by atoms with E-state index in [1.165, 1.54) is 0 Å². The molecule has 0 amide bonds. The van der Waals surface area contributed by atoms with Crippen LogP contribution in [-0.4, -0.2) is 19.1 Å². The van der Waals surface area contributed by atoms with Crippen LogP contribution in [0.1, 0.15) is 26.2 Å². The molecule has 0 N–H and O–H groups in total. The van der Waals surface area contributed by atoms with Crippen molar-refractivity contribution in [3.05, 3.63) is 0 Å². The maximum Gasteiger partial charge on any atom is 0.248 e. The monoisotopic (exact) mass is 164 g/mol. The van der Waals surface area contributed by atoms with Gasteiger partial charge in [-0.2, -0.15) is 0 Å². The van der Waals surface area contributed by atoms with E-state index in [0.717, 1.165) is 6.42 Å². The lowest BCUT2D eigenvalue weighted by atomic mass is 9.79. The maximum atomic E-state index is 12.3. The zero-order valence-electron chi connectivity index (χ0n) is 6.78. The van der Waals surface area contributed by atoms with E-state index in [0.29, 0.717) is 13.2 Å². The standard InChI is InChI=1S/C8H14F2O/c1-2-11-4-3-7-5-8(9,10)6-7/h7H,2-6H2,1H3. The Kier molecular flexibility index (Phi) is 2.82. The predicted molar refractivity (Wildman–Crippen MR) is 38.8 cm³/mol. The highest BCUT2D eigenvalue weighted by atomic mass is 19.3. The summed E-state index contributed by atoms with van der Waals surface area (Å²) < 4.78 is 29.6. The van der Waals surface area contributed by atoms with Crippen molar-refractivity contribution in [3.8, 4) is 0 Å². The van der Waals surface area contributed by atoms with Gasteiger partial charge < -0.3 is 4.74 Å². The quantitative estimate of drug-likeness (QED) is 0.580. The Morgan fingerprint density at radius 3 is 2.55 bits per heavy atom. The third-order valence-corrected chi connectivity index (χ3v) is 2.05. The predicted octanol–water partition coefficient (Wildman–Crippen LogP) is 2.46. The van der Waals surface area contributed by atoms with Crippen LogP contribution in [-0.2, 0) is 4.74 Å². The second kappa shape index (κ2) is 3.48. The Morgan fingerprint density at radius 2 is 2.09 bits per heavy atom. The minimum Gasteiger partial charge on any atom is -0.382 e. The van der Waals surface area contributed by atoms with Gasteiger partial charge in [0.1, 0.15) is 0 Å². The molecule has 11 heavy (non-hydrogen) atoms. The Labute approximate surface area is 65.7 Å². The van der Waals surface area contributed by atoms with E-state index in [4.69, 9.17) is 4.74 Å². The fourth-order valence-electron chi connectivity index (χ4n) is 1.38. The fraction of sp³-hybridized carbons (Fsp3) is 1.00. The number of rotatable bonds is 4. The molecule has 1 fully saturated rings. The molecular weight excluding hydrogens is 150 g/mol. The minimum atomic E-state index is -2.36. The van der Waals surface area contributed by atoms with E-state index < -0.39 is 5.92 Å². The first-order valence-corrected chi connectivity index (χ1v) is 4.09. The molecule has 0 radical (unpaired) electrons. The van der Waals surface area contributed by atoms with Crippen molar-refractivity contribution in [1.29, 1.82) is 0 Å². The van der Waals surface area contributed by atoms with E-state index in [-0.39, 0.29) is 18.8 Å². The number of ether oxygens (including phenoxy) is 1. The highest BCUT2D eigenvalue weighted by molar-refractivity contribution is 4.85. The molecule has 0 aromatic heterocycles. The smallest absolute Gasteiger partial charge is 0.248 e. The summed E-state index contributed by atoms with van der Waals surface area (Å²) in [6.07, 6.45) is 0.934. The van der Waals surface area contributed by atoms with E-state index in [1.807, 2.05) is 6.92 Å². The molecule has 0 aliphatic heterocycles. The molecule has 66 valence electrons. The van der Waals surface area contributed by atoms with Crippen LogP contribution >= 0.6 is 0 Å². The molecule has 0 atom stereocenters. The van der Waals surface area contributed by atoms with Crippen molar-refractivity contribution in [2.45, 2.75) is 32.1 Å². The van der Waals surface area contributed by atoms with Gasteiger partial charge in [-0.3, -0.25) is 0 Å². The molecule has 1 aliphatic rings. The molecule has 0 unspecified atom stereocenters. The topological polar surface area (TPSA) is 9.23 Å². The lowest BCUT2D eigenvalue weighted by Crippen LogP contribution is -2.35. The number of halogens is 2. The third-order valence-electron chi connectivity index (χ3n) is 2.05. The lowest BCUT2D eigenvalue weighted by Gasteiger charge is -2.34.